The number of urea groups is 1. The Labute approximate surface area is 145 Å². The minimum Gasteiger partial charge on any atom is -0.340 e. The monoisotopic (exact) mass is 340 g/mol. The van der Waals surface area contributed by atoms with Gasteiger partial charge in [0.2, 0.25) is 5.89 Å². The van der Waals surface area contributed by atoms with E-state index in [9.17, 15) is 4.79 Å². The van der Waals surface area contributed by atoms with Crippen molar-refractivity contribution in [1.29, 1.82) is 0 Å². The summed E-state index contributed by atoms with van der Waals surface area (Å²) in [6, 6.07) is 6.88. The van der Waals surface area contributed by atoms with E-state index < -0.39 is 0 Å². The summed E-state index contributed by atoms with van der Waals surface area (Å²) < 4.78 is 6.89. The largest absolute Gasteiger partial charge is 0.340 e. The van der Waals surface area contributed by atoms with Crippen LogP contribution in [-0.2, 0) is 7.05 Å². The van der Waals surface area contributed by atoms with Crippen LogP contribution in [-0.4, -0.2) is 25.7 Å². The van der Waals surface area contributed by atoms with Crippen molar-refractivity contribution in [3.8, 4) is 11.4 Å². The normalized spacial score (nSPS) is 12.0. The molecule has 0 aliphatic heterocycles. The molecule has 0 bridgehead atoms. The van der Waals surface area contributed by atoms with Crippen LogP contribution >= 0.6 is 0 Å². The second kappa shape index (κ2) is 7.16. The fourth-order valence-electron chi connectivity index (χ4n) is 2.51. The molecule has 0 fully saturated rings. The summed E-state index contributed by atoms with van der Waals surface area (Å²) in [5.74, 6) is 1.77. The van der Waals surface area contributed by atoms with Crippen molar-refractivity contribution in [3.63, 3.8) is 0 Å². The van der Waals surface area contributed by atoms with E-state index in [0.717, 1.165) is 11.4 Å². The molecular formula is C17H20N6O2. The van der Waals surface area contributed by atoms with Gasteiger partial charge in [-0.2, -0.15) is 4.98 Å². The molecule has 8 heteroatoms. The van der Waals surface area contributed by atoms with Gasteiger partial charge in [-0.05, 0) is 18.6 Å². The molecule has 1 atom stereocenters. The van der Waals surface area contributed by atoms with Gasteiger partial charge >= 0.3 is 6.03 Å². The number of carbonyl (C=O) groups excluding carboxylic acids is 1. The van der Waals surface area contributed by atoms with Gasteiger partial charge in [-0.15, -0.1) is 0 Å². The molecule has 0 aliphatic rings. The Kier molecular flexibility index (Phi) is 4.78. The Morgan fingerprint density at radius 1 is 1.40 bits per heavy atom. The number of aryl methyl sites for hydroxylation is 2. The molecule has 0 saturated heterocycles. The third-order valence-corrected chi connectivity index (χ3v) is 3.77. The number of benzene rings is 1. The van der Waals surface area contributed by atoms with Crippen LogP contribution in [0, 0.1) is 6.92 Å². The third kappa shape index (κ3) is 3.85. The first-order valence-corrected chi connectivity index (χ1v) is 8.02. The minimum atomic E-state index is -0.328. The third-order valence-electron chi connectivity index (χ3n) is 3.77. The lowest BCUT2D eigenvalue weighted by molar-refractivity contribution is 0.247. The van der Waals surface area contributed by atoms with E-state index in [2.05, 4.69) is 25.8 Å². The zero-order chi connectivity index (χ0) is 17.8. The van der Waals surface area contributed by atoms with Crippen molar-refractivity contribution in [3.05, 3.63) is 48.4 Å². The number of nitrogens with one attached hydrogen (secondary N) is 2. The number of hydrogen-bond acceptors (Lipinski definition) is 5. The van der Waals surface area contributed by atoms with Crippen LogP contribution < -0.4 is 10.6 Å². The van der Waals surface area contributed by atoms with Gasteiger partial charge in [-0.25, -0.2) is 9.78 Å². The van der Waals surface area contributed by atoms with Crippen LogP contribution in [0.2, 0.25) is 0 Å². The van der Waals surface area contributed by atoms with Crippen LogP contribution in [0.1, 0.15) is 31.1 Å². The second-order valence-electron chi connectivity index (χ2n) is 5.67. The van der Waals surface area contributed by atoms with Gasteiger partial charge in [0, 0.05) is 37.6 Å². The zero-order valence-electron chi connectivity index (χ0n) is 14.4. The first-order valence-electron chi connectivity index (χ1n) is 8.02. The number of amides is 2. The van der Waals surface area contributed by atoms with Gasteiger partial charge in [0.05, 0.1) is 6.04 Å². The molecule has 0 aliphatic carbocycles. The van der Waals surface area contributed by atoms with Crippen molar-refractivity contribution >= 4 is 11.7 Å². The maximum Gasteiger partial charge on any atom is 0.319 e. The Morgan fingerprint density at radius 3 is 2.88 bits per heavy atom. The van der Waals surface area contributed by atoms with Crippen LogP contribution in [0.5, 0.6) is 0 Å². The molecule has 0 spiro atoms. The summed E-state index contributed by atoms with van der Waals surface area (Å²) in [6.45, 7) is 3.66. The first-order chi connectivity index (χ1) is 12.1. The van der Waals surface area contributed by atoms with Gasteiger partial charge in [-0.3, -0.25) is 0 Å². The Morgan fingerprint density at radius 2 is 2.24 bits per heavy atom. The number of imidazole rings is 1. The van der Waals surface area contributed by atoms with Crippen LogP contribution in [0.3, 0.4) is 0 Å². The van der Waals surface area contributed by atoms with E-state index >= 15 is 0 Å². The molecule has 25 heavy (non-hydrogen) atoms. The average Bonchev–Trinajstić information content (AvgIpc) is 3.21. The van der Waals surface area contributed by atoms with Crippen LogP contribution in [0.25, 0.3) is 11.4 Å². The predicted molar refractivity (Wildman–Crippen MR) is 92.9 cm³/mol. The number of carbonyl (C=O) groups is 1. The van der Waals surface area contributed by atoms with Crippen LogP contribution in [0.15, 0.2) is 41.2 Å². The lowest BCUT2D eigenvalue weighted by atomic mass is 10.2. The average molecular weight is 340 g/mol. The predicted octanol–water partition coefficient (Wildman–Crippen LogP) is 3.05. The van der Waals surface area contributed by atoms with Crippen LogP contribution in [0.4, 0.5) is 10.5 Å². The molecule has 2 amide bonds. The quantitative estimate of drug-likeness (QED) is 0.744. The molecule has 0 unspecified atom stereocenters. The molecule has 130 valence electrons. The summed E-state index contributed by atoms with van der Waals surface area (Å²) in [5.41, 5.74) is 1.60. The fraction of sp³-hybridized carbons (Fsp3) is 0.294. The van der Waals surface area contributed by atoms with E-state index in [0.29, 0.717) is 23.8 Å². The van der Waals surface area contributed by atoms with E-state index in [1.807, 2.05) is 49.0 Å². The summed E-state index contributed by atoms with van der Waals surface area (Å²) >= 11 is 0. The van der Waals surface area contributed by atoms with Gasteiger partial charge in [0.1, 0.15) is 5.82 Å². The molecule has 2 aromatic heterocycles. The maximum absolute atomic E-state index is 12.3. The minimum absolute atomic E-state index is 0.310. The summed E-state index contributed by atoms with van der Waals surface area (Å²) in [7, 11) is 1.92. The molecule has 1 aromatic carbocycles. The maximum atomic E-state index is 12.3. The van der Waals surface area contributed by atoms with Crippen molar-refractivity contribution < 1.29 is 9.32 Å². The van der Waals surface area contributed by atoms with E-state index in [4.69, 9.17) is 4.52 Å². The van der Waals surface area contributed by atoms with E-state index in [1.165, 1.54) is 0 Å². The van der Waals surface area contributed by atoms with Gasteiger partial charge in [0.25, 0.3) is 0 Å². The second-order valence-corrected chi connectivity index (χ2v) is 5.67. The highest BCUT2D eigenvalue weighted by atomic mass is 16.5. The number of nitrogens with zero attached hydrogens (tertiary/aromatic N) is 4. The van der Waals surface area contributed by atoms with Crippen molar-refractivity contribution in [2.24, 2.45) is 7.05 Å². The fourth-order valence-corrected chi connectivity index (χ4v) is 2.51. The highest BCUT2D eigenvalue weighted by Gasteiger charge is 2.18. The topological polar surface area (TPSA) is 97.9 Å². The summed E-state index contributed by atoms with van der Waals surface area (Å²) in [4.78, 5) is 20.8. The lowest BCUT2D eigenvalue weighted by Crippen LogP contribution is -2.32. The Bertz CT molecular complexity index is 869. The summed E-state index contributed by atoms with van der Waals surface area (Å²) in [6.07, 6.45) is 4.27. The molecule has 8 nitrogen and oxygen atoms in total. The number of rotatable bonds is 5. The van der Waals surface area contributed by atoms with Gasteiger partial charge in [-0.1, -0.05) is 24.2 Å². The van der Waals surface area contributed by atoms with E-state index in [1.54, 1.807) is 13.1 Å². The van der Waals surface area contributed by atoms with Gasteiger partial charge in [0.15, 0.2) is 5.82 Å². The van der Waals surface area contributed by atoms with Gasteiger partial charge < -0.3 is 19.7 Å². The number of aromatic nitrogens is 4. The number of hydrogen-bond donors (Lipinski definition) is 2. The lowest BCUT2D eigenvalue weighted by Gasteiger charge is -2.14. The molecule has 3 rings (SSSR count). The standard InChI is InChI=1S/C17H20N6O2/c1-4-14(15-19-11(2)25-22-15)21-17(24)20-13-7-5-6-12(10-13)16-18-8-9-23(16)3/h5-10,14H,4H2,1-3H3,(H2,20,21,24)/t14-/m1/s1. The Hall–Kier alpha value is -3.16. The van der Waals surface area contributed by atoms with Crippen molar-refractivity contribution in [1.82, 2.24) is 25.0 Å². The highest BCUT2D eigenvalue weighted by Crippen LogP contribution is 2.21. The SMILES string of the molecule is CC[C@@H](NC(=O)Nc1cccc(-c2nccn2C)c1)c1noc(C)n1. The summed E-state index contributed by atoms with van der Waals surface area (Å²) in [5, 5.41) is 9.55. The molecule has 2 heterocycles. The molecule has 2 N–H and O–H groups in total. The molecule has 0 saturated carbocycles. The zero-order valence-corrected chi connectivity index (χ0v) is 14.4. The Balaban J connectivity index is 1.69. The molecular weight excluding hydrogens is 320 g/mol. The molecule has 3 aromatic rings. The first kappa shape index (κ1) is 16.7. The van der Waals surface area contributed by atoms with Crippen molar-refractivity contribution in [2.45, 2.75) is 26.3 Å². The van der Waals surface area contributed by atoms with E-state index in [-0.39, 0.29) is 12.1 Å². The molecule has 0 radical (unpaired) electrons. The highest BCUT2D eigenvalue weighted by molar-refractivity contribution is 5.90. The smallest absolute Gasteiger partial charge is 0.319 e. The van der Waals surface area contributed by atoms with Crippen molar-refractivity contribution in [2.75, 3.05) is 5.32 Å². The number of anilines is 1.